The predicted octanol–water partition coefficient (Wildman–Crippen LogP) is -4.00. The van der Waals surface area contributed by atoms with Crippen molar-refractivity contribution < 1.29 is 39.3 Å². The molecule has 9 N–H and O–H groups in total. The van der Waals surface area contributed by atoms with E-state index in [4.69, 9.17) is 11.5 Å². The molecule has 0 bridgehead atoms. The van der Waals surface area contributed by atoms with Gasteiger partial charge in [-0.15, -0.1) is 0 Å². The highest BCUT2D eigenvalue weighted by atomic mass is 16.4. The van der Waals surface area contributed by atoms with Gasteiger partial charge >= 0.3 is 5.97 Å². The summed E-state index contributed by atoms with van der Waals surface area (Å²) in [6.07, 6.45) is -0.878. The molecule has 13 heteroatoms. The lowest BCUT2D eigenvalue weighted by atomic mass is 10.1. The lowest BCUT2D eigenvalue weighted by Crippen LogP contribution is -2.60. The predicted molar refractivity (Wildman–Crippen MR) is 101 cm³/mol. The van der Waals surface area contributed by atoms with Crippen molar-refractivity contribution in [2.24, 2.45) is 11.5 Å². The molecular weight excluding hydrogens is 402 g/mol. The Morgan fingerprint density at radius 1 is 1.17 bits per heavy atom. The number of nitrogens with one attached hydrogen (secondary N) is 2. The van der Waals surface area contributed by atoms with Crippen molar-refractivity contribution in [3.63, 3.8) is 0 Å². The number of aliphatic hydroxyl groups is 2. The molecule has 0 aromatic rings. The van der Waals surface area contributed by atoms with Crippen LogP contribution in [-0.2, 0) is 24.0 Å². The van der Waals surface area contributed by atoms with Gasteiger partial charge in [0, 0.05) is 13.0 Å². The third-order valence-electron chi connectivity index (χ3n) is 4.72. The van der Waals surface area contributed by atoms with Crippen LogP contribution in [0.2, 0.25) is 0 Å². The number of amides is 4. The Morgan fingerprint density at radius 2 is 1.80 bits per heavy atom. The summed E-state index contributed by atoms with van der Waals surface area (Å²) in [6.45, 7) is 0.563. The topological polar surface area (TPSA) is 225 Å². The van der Waals surface area contributed by atoms with E-state index in [-0.39, 0.29) is 25.8 Å². The zero-order chi connectivity index (χ0) is 23.0. The molecule has 4 amide bonds. The number of hydrogen-bond donors (Lipinski definition) is 7. The summed E-state index contributed by atoms with van der Waals surface area (Å²) in [4.78, 5) is 60.3. The highest BCUT2D eigenvalue weighted by molar-refractivity contribution is 5.94. The summed E-state index contributed by atoms with van der Waals surface area (Å²) in [6, 6.07) is -5.19. The molecule has 1 heterocycles. The maximum Gasteiger partial charge on any atom is 0.326 e. The number of carboxylic acid groups (broad SMARTS) is 1. The molecule has 1 fully saturated rings. The van der Waals surface area contributed by atoms with Crippen LogP contribution >= 0.6 is 0 Å². The number of nitrogens with zero attached hydrogens (tertiary/aromatic N) is 1. The summed E-state index contributed by atoms with van der Waals surface area (Å²) in [5.74, 6) is -4.44. The van der Waals surface area contributed by atoms with Gasteiger partial charge in [-0.3, -0.25) is 19.2 Å². The van der Waals surface area contributed by atoms with Gasteiger partial charge in [0.15, 0.2) is 0 Å². The molecule has 0 radical (unpaired) electrons. The van der Waals surface area contributed by atoms with Crippen LogP contribution in [0.1, 0.15) is 32.6 Å². The highest BCUT2D eigenvalue weighted by Gasteiger charge is 2.40. The zero-order valence-corrected chi connectivity index (χ0v) is 16.6. The fourth-order valence-corrected chi connectivity index (χ4v) is 3.01. The summed E-state index contributed by atoms with van der Waals surface area (Å²) >= 11 is 0. The molecule has 1 saturated heterocycles. The molecule has 1 aliphatic rings. The number of primary amides is 1. The van der Waals surface area contributed by atoms with E-state index in [9.17, 15) is 39.3 Å². The minimum Gasteiger partial charge on any atom is -0.480 e. The first-order valence-electron chi connectivity index (χ1n) is 9.46. The Hall–Kier alpha value is -2.77. The number of aliphatic carboxylic acids is 1. The Kier molecular flexibility index (Phi) is 9.62. The van der Waals surface area contributed by atoms with Crippen LogP contribution in [0.5, 0.6) is 0 Å². The fraction of sp³-hybridized carbons (Fsp3) is 0.706. The molecule has 5 atom stereocenters. The number of rotatable bonds is 11. The molecule has 13 nitrogen and oxygen atoms in total. The van der Waals surface area contributed by atoms with Crippen LogP contribution in [0, 0.1) is 0 Å². The van der Waals surface area contributed by atoms with Gasteiger partial charge in [-0.05, 0) is 26.2 Å². The molecule has 0 saturated carbocycles. The van der Waals surface area contributed by atoms with Gasteiger partial charge in [0.05, 0.1) is 18.8 Å². The SMILES string of the molecule is CC(O)C(NC(=O)C(CO)NC(=O)C(N)CCC(N)=O)C(=O)N1CCCC1C(=O)O. The van der Waals surface area contributed by atoms with E-state index in [2.05, 4.69) is 10.6 Å². The van der Waals surface area contributed by atoms with E-state index < -0.39 is 66.5 Å². The van der Waals surface area contributed by atoms with Gasteiger partial charge in [-0.25, -0.2) is 4.79 Å². The normalized spacial score (nSPS) is 20.0. The van der Waals surface area contributed by atoms with E-state index >= 15 is 0 Å². The number of carbonyl (C=O) groups is 5. The first-order valence-corrected chi connectivity index (χ1v) is 9.46. The van der Waals surface area contributed by atoms with Crippen molar-refractivity contribution in [1.29, 1.82) is 0 Å². The van der Waals surface area contributed by atoms with Gasteiger partial charge in [-0.1, -0.05) is 0 Å². The second-order valence-corrected chi connectivity index (χ2v) is 7.11. The van der Waals surface area contributed by atoms with E-state index in [0.717, 1.165) is 4.90 Å². The quantitative estimate of drug-likeness (QED) is 0.169. The maximum atomic E-state index is 12.7. The van der Waals surface area contributed by atoms with Crippen LogP contribution in [0.3, 0.4) is 0 Å². The second-order valence-electron chi connectivity index (χ2n) is 7.11. The smallest absolute Gasteiger partial charge is 0.326 e. The average Bonchev–Trinajstić information content (AvgIpc) is 3.17. The minimum atomic E-state index is -1.49. The van der Waals surface area contributed by atoms with Gasteiger partial charge in [0.1, 0.15) is 18.1 Å². The zero-order valence-electron chi connectivity index (χ0n) is 16.6. The van der Waals surface area contributed by atoms with Crippen LogP contribution in [0.15, 0.2) is 0 Å². The highest BCUT2D eigenvalue weighted by Crippen LogP contribution is 2.19. The molecule has 5 unspecified atom stereocenters. The van der Waals surface area contributed by atoms with Crippen molar-refractivity contribution in [1.82, 2.24) is 15.5 Å². The Balaban J connectivity index is 2.80. The molecule has 0 spiro atoms. The summed E-state index contributed by atoms with van der Waals surface area (Å²) < 4.78 is 0. The number of hydrogen-bond acceptors (Lipinski definition) is 8. The second kappa shape index (κ2) is 11.4. The lowest BCUT2D eigenvalue weighted by molar-refractivity contribution is -0.150. The molecule has 0 aromatic carbocycles. The van der Waals surface area contributed by atoms with Crippen molar-refractivity contribution >= 4 is 29.6 Å². The molecule has 1 rings (SSSR count). The van der Waals surface area contributed by atoms with Crippen molar-refractivity contribution in [3.8, 4) is 0 Å². The number of carbonyl (C=O) groups excluding carboxylic acids is 4. The third-order valence-corrected chi connectivity index (χ3v) is 4.72. The summed E-state index contributed by atoms with van der Waals surface area (Å²) in [7, 11) is 0. The summed E-state index contributed by atoms with van der Waals surface area (Å²) in [5, 5.41) is 33.0. The standard InChI is InChI=1S/C17H29N5O8/c1-8(24)13(16(28)22-6-2-3-11(22)17(29)30)21-15(27)10(7-23)20-14(26)9(18)4-5-12(19)25/h8-11,13,23-24H,2-7,18H2,1H3,(H2,19,25)(H,20,26)(H,21,27)(H,29,30). The molecule has 1 aliphatic heterocycles. The van der Waals surface area contributed by atoms with Crippen LogP contribution in [0.25, 0.3) is 0 Å². The average molecular weight is 431 g/mol. The molecule has 170 valence electrons. The Bertz CT molecular complexity index is 671. The molecular formula is C17H29N5O8. The maximum absolute atomic E-state index is 12.7. The van der Waals surface area contributed by atoms with Crippen LogP contribution in [0.4, 0.5) is 0 Å². The van der Waals surface area contributed by atoms with Crippen LogP contribution < -0.4 is 22.1 Å². The molecule has 0 aromatic heterocycles. The Labute approximate surface area is 172 Å². The van der Waals surface area contributed by atoms with E-state index in [0.29, 0.717) is 6.42 Å². The number of likely N-dealkylation sites (tertiary alicyclic amines) is 1. The Morgan fingerprint density at radius 3 is 2.30 bits per heavy atom. The van der Waals surface area contributed by atoms with E-state index in [1.807, 2.05) is 0 Å². The molecule has 0 aliphatic carbocycles. The third kappa shape index (κ3) is 6.93. The van der Waals surface area contributed by atoms with E-state index in [1.54, 1.807) is 0 Å². The fourth-order valence-electron chi connectivity index (χ4n) is 3.01. The van der Waals surface area contributed by atoms with Crippen molar-refractivity contribution in [2.75, 3.05) is 13.2 Å². The van der Waals surface area contributed by atoms with E-state index in [1.165, 1.54) is 6.92 Å². The molecule has 30 heavy (non-hydrogen) atoms. The first-order chi connectivity index (χ1) is 14.0. The van der Waals surface area contributed by atoms with Gasteiger partial charge in [0.2, 0.25) is 23.6 Å². The largest absolute Gasteiger partial charge is 0.480 e. The minimum absolute atomic E-state index is 0.0682. The summed E-state index contributed by atoms with van der Waals surface area (Å²) in [5.41, 5.74) is 10.6. The van der Waals surface area contributed by atoms with Crippen LogP contribution in [-0.4, -0.2) is 93.2 Å². The number of nitrogens with two attached hydrogens (primary N) is 2. The monoisotopic (exact) mass is 431 g/mol. The van der Waals surface area contributed by atoms with Crippen molar-refractivity contribution in [2.45, 2.75) is 62.9 Å². The lowest BCUT2D eigenvalue weighted by Gasteiger charge is -2.30. The van der Waals surface area contributed by atoms with Crippen molar-refractivity contribution in [3.05, 3.63) is 0 Å². The van der Waals surface area contributed by atoms with Gasteiger partial charge < -0.3 is 42.3 Å². The first kappa shape index (κ1) is 25.3. The number of carboxylic acids is 1. The van der Waals surface area contributed by atoms with Gasteiger partial charge in [0.25, 0.3) is 0 Å². The number of aliphatic hydroxyl groups excluding tert-OH is 2. The van der Waals surface area contributed by atoms with Gasteiger partial charge in [-0.2, -0.15) is 0 Å².